The van der Waals surface area contributed by atoms with Crippen molar-refractivity contribution in [3.05, 3.63) is 108 Å². The molecule has 0 heterocycles. The van der Waals surface area contributed by atoms with Crippen molar-refractivity contribution >= 4 is 0 Å². The molecule has 0 saturated heterocycles. The average molecular weight is 419 g/mol. The van der Waals surface area contributed by atoms with Crippen molar-refractivity contribution < 1.29 is 14.9 Å². The summed E-state index contributed by atoms with van der Waals surface area (Å²) in [5.41, 5.74) is 2.07. The van der Waals surface area contributed by atoms with E-state index in [9.17, 15) is 10.2 Å². The monoisotopic (exact) mass is 418 g/mol. The molecule has 0 spiro atoms. The highest BCUT2D eigenvalue weighted by Gasteiger charge is 2.38. The van der Waals surface area contributed by atoms with Gasteiger partial charge in [0.2, 0.25) is 0 Å². The van der Waals surface area contributed by atoms with Crippen LogP contribution in [-0.2, 0) is 10.3 Å². The molecule has 1 unspecified atom stereocenters. The van der Waals surface area contributed by atoms with Crippen LogP contribution in [-0.4, -0.2) is 29.0 Å². The molecule has 3 aromatic carbocycles. The van der Waals surface area contributed by atoms with Crippen LogP contribution in [0.5, 0.6) is 0 Å². The van der Waals surface area contributed by atoms with Gasteiger partial charge in [0.25, 0.3) is 0 Å². The molecule has 0 bridgehead atoms. The summed E-state index contributed by atoms with van der Waals surface area (Å²) in [4.78, 5) is 0. The van der Waals surface area contributed by atoms with Crippen LogP contribution in [0.3, 0.4) is 0 Å². The highest BCUT2D eigenvalue weighted by Crippen LogP contribution is 2.40. The lowest BCUT2D eigenvalue weighted by Gasteiger charge is -2.37. The largest absolute Gasteiger partial charge is 0.390 e. The topological polar surface area (TPSA) is 49.7 Å². The van der Waals surface area contributed by atoms with Gasteiger partial charge in [-0.25, -0.2) is 0 Å². The van der Waals surface area contributed by atoms with E-state index in [1.807, 2.05) is 91.0 Å². The van der Waals surface area contributed by atoms with E-state index in [2.05, 4.69) is 6.92 Å². The number of hydrogen-bond acceptors (Lipinski definition) is 3. The van der Waals surface area contributed by atoms with Gasteiger partial charge in [-0.2, -0.15) is 0 Å². The Labute approximate surface area is 186 Å². The lowest BCUT2D eigenvalue weighted by atomic mass is 9.80. The van der Waals surface area contributed by atoms with Crippen LogP contribution in [0, 0.1) is 0 Å². The summed E-state index contributed by atoms with van der Waals surface area (Å²) in [6.45, 7) is 2.20. The van der Waals surface area contributed by atoms with Gasteiger partial charge in [-0.05, 0) is 23.1 Å². The van der Waals surface area contributed by atoms with Crippen LogP contribution in [0.2, 0.25) is 0 Å². The SMILES string of the molecule is CCCCCCC(O)[C@@H](O)COC(c1ccccc1)(c1ccccc1)c1ccccc1. The van der Waals surface area contributed by atoms with Crippen LogP contribution in [0.1, 0.15) is 55.7 Å². The summed E-state index contributed by atoms with van der Waals surface area (Å²) in [5.74, 6) is 0. The van der Waals surface area contributed by atoms with E-state index < -0.39 is 17.8 Å². The third-order valence-electron chi connectivity index (χ3n) is 5.81. The zero-order valence-corrected chi connectivity index (χ0v) is 18.4. The maximum Gasteiger partial charge on any atom is 0.143 e. The van der Waals surface area contributed by atoms with Gasteiger partial charge in [-0.3, -0.25) is 0 Å². The van der Waals surface area contributed by atoms with Gasteiger partial charge in [-0.15, -0.1) is 0 Å². The fourth-order valence-electron chi connectivity index (χ4n) is 4.06. The van der Waals surface area contributed by atoms with E-state index >= 15 is 0 Å². The molecule has 0 radical (unpaired) electrons. The van der Waals surface area contributed by atoms with Crippen molar-refractivity contribution in [1.82, 2.24) is 0 Å². The Hall–Kier alpha value is -2.46. The van der Waals surface area contributed by atoms with Crippen LogP contribution in [0.15, 0.2) is 91.0 Å². The number of rotatable bonds is 12. The molecule has 0 amide bonds. The van der Waals surface area contributed by atoms with E-state index in [1.54, 1.807) is 0 Å². The minimum absolute atomic E-state index is 0.0353. The first-order valence-electron chi connectivity index (χ1n) is 11.3. The maximum atomic E-state index is 10.7. The van der Waals surface area contributed by atoms with E-state index in [0.29, 0.717) is 6.42 Å². The summed E-state index contributed by atoms with van der Waals surface area (Å²) in [7, 11) is 0. The zero-order valence-electron chi connectivity index (χ0n) is 18.4. The van der Waals surface area contributed by atoms with Crippen molar-refractivity contribution in [2.45, 2.75) is 56.8 Å². The fourth-order valence-corrected chi connectivity index (χ4v) is 4.06. The molecule has 2 atom stereocenters. The number of aliphatic hydroxyl groups excluding tert-OH is 2. The normalized spacial score (nSPS) is 13.6. The Kier molecular flexibility index (Phi) is 8.84. The molecule has 3 heteroatoms. The lowest BCUT2D eigenvalue weighted by molar-refractivity contribution is -0.0802. The Morgan fingerprint density at radius 1 is 0.645 bits per heavy atom. The third-order valence-corrected chi connectivity index (χ3v) is 5.81. The van der Waals surface area contributed by atoms with E-state index in [4.69, 9.17) is 4.74 Å². The molecule has 0 fully saturated rings. The second-order valence-electron chi connectivity index (χ2n) is 8.07. The minimum Gasteiger partial charge on any atom is -0.390 e. The first kappa shape index (κ1) is 23.2. The molecule has 0 aliphatic carbocycles. The first-order valence-corrected chi connectivity index (χ1v) is 11.3. The highest BCUT2D eigenvalue weighted by atomic mass is 16.5. The summed E-state index contributed by atoms with van der Waals surface area (Å²) in [6.07, 6.45) is 3.12. The molecule has 0 saturated carbocycles. The predicted octanol–water partition coefficient (Wildman–Crippen LogP) is 5.69. The van der Waals surface area contributed by atoms with Crippen molar-refractivity contribution in [3.63, 3.8) is 0 Å². The maximum absolute atomic E-state index is 10.7. The Bertz CT molecular complexity index is 768. The smallest absolute Gasteiger partial charge is 0.143 e. The molecule has 3 aromatic rings. The van der Waals surface area contributed by atoms with Crippen molar-refractivity contribution in [1.29, 1.82) is 0 Å². The number of ether oxygens (including phenoxy) is 1. The van der Waals surface area contributed by atoms with Crippen molar-refractivity contribution in [2.75, 3.05) is 6.61 Å². The zero-order chi connectivity index (χ0) is 21.9. The van der Waals surface area contributed by atoms with E-state index in [0.717, 1.165) is 42.4 Å². The van der Waals surface area contributed by atoms with Crippen LogP contribution < -0.4 is 0 Å². The predicted molar refractivity (Wildman–Crippen MR) is 126 cm³/mol. The molecule has 0 aliphatic rings. The van der Waals surface area contributed by atoms with Gasteiger partial charge in [0.05, 0.1) is 12.7 Å². The van der Waals surface area contributed by atoms with Crippen molar-refractivity contribution in [2.24, 2.45) is 0 Å². The van der Waals surface area contributed by atoms with Gasteiger partial charge in [0.15, 0.2) is 0 Å². The summed E-state index contributed by atoms with van der Waals surface area (Å²) in [6, 6.07) is 30.2. The second-order valence-corrected chi connectivity index (χ2v) is 8.07. The van der Waals surface area contributed by atoms with E-state index in [1.165, 1.54) is 0 Å². The standard InChI is InChI=1S/C28H34O3/c1-2-3-4-14-21-26(29)27(30)22-31-28(23-15-8-5-9-16-23,24-17-10-6-11-18-24)25-19-12-7-13-20-25/h5-13,15-20,26-27,29-30H,2-4,14,21-22H2,1H3/t26?,27-/m0/s1. The van der Waals surface area contributed by atoms with Gasteiger partial charge >= 0.3 is 0 Å². The molecule has 164 valence electrons. The van der Waals surface area contributed by atoms with Gasteiger partial charge in [0, 0.05) is 0 Å². The molecule has 3 nitrogen and oxygen atoms in total. The summed E-state index contributed by atoms with van der Waals surface area (Å²) >= 11 is 0. The Balaban J connectivity index is 1.91. The molecule has 31 heavy (non-hydrogen) atoms. The second kappa shape index (κ2) is 11.8. The summed E-state index contributed by atoms with van der Waals surface area (Å²) < 4.78 is 6.59. The number of hydrogen-bond donors (Lipinski definition) is 2. The first-order chi connectivity index (χ1) is 15.2. The average Bonchev–Trinajstić information content (AvgIpc) is 2.84. The minimum atomic E-state index is -0.947. The molecular weight excluding hydrogens is 384 g/mol. The van der Waals surface area contributed by atoms with Gasteiger partial charge < -0.3 is 14.9 Å². The lowest BCUT2D eigenvalue weighted by Crippen LogP contribution is -2.39. The van der Waals surface area contributed by atoms with Crippen LogP contribution in [0.25, 0.3) is 0 Å². The number of unbranched alkanes of at least 4 members (excludes halogenated alkanes) is 3. The Morgan fingerprint density at radius 3 is 1.52 bits per heavy atom. The summed E-state index contributed by atoms with van der Waals surface area (Å²) in [5, 5.41) is 21.2. The Morgan fingerprint density at radius 2 is 1.10 bits per heavy atom. The molecular formula is C28H34O3. The van der Waals surface area contributed by atoms with Crippen LogP contribution >= 0.6 is 0 Å². The quantitative estimate of drug-likeness (QED) is 0.294. The van der Waals surface area contributed by atoms with Gasteiger partial charge in [-0.1, -0.05) is 124 Å². The van der Waals surface area contributed by atoms with Crippen LogP contribution in [0.4, 0.5) is 0 Å². The van der Waals surface area contributed by atoms with Crippen molar-refractivity contribution in [3.8, 4) is 0 Å². The molecule has 3 rings (SSSR count). The molecule has 2 N–H and O–H groups in total. The highest BCUT2D eigenvalue weighted by molar-refractivity contribution is 5.47. The number of benzene rings is 3. The number of aliphatic hydroxyl groups is 2. The molecule has 0 aliphatic heterocycles. The fraction of sp³-hybridized carbons (Fsp3) is 0.357. The molecule has 0 aromatic heterocycles. The van der Waals surface area contributed by atoms with Gasteiger partial charge in [0.1, 0.15) is 11.7 Å². The van der Waals surface area contributed by atoms with E-state index in [-0.39, 0.29) is 6.61 Å². The third kappa shape index (κ3) is 5.82.